The number of carbonyl (C=O) groups is 1. The first-order valence-electron chi connectivity index (χ1n) is 12.6. The van der Waals surface area contributed by atoms with Crippen molar-refractivity contribution in [2.24, 2.45) is 0 Å². The minimum absolute atomic E-state index is 0.0834. The molecule has 0 saturated heterocycles. The lowest BCUT2D eigenvalue weighted by Crippen LogP contribution is -2.45. The maximum Gasteiger partial charge on any atom is 0.220 e. The first-order valence-corrected chi connectivity index (χ1v) is 12.6. The van der Waals surface area contributed by atoms with E-state index < -0.39 is 12.1 Å². The van der Waals surface area contributed by atoms with E-state index in [2.05, 4.69) is 31.3 Å². The number of nitrogens with one attached hydrogen (secondary N) is 1. The molecule has 0 rings (SSSR count). The fourth-order valence-corrected chi connectivity index (χ4v) is 3.43. The van der Waals surface area contributed by atoms with E-state index in [4.69, 9.17) is 0 Å². The van der Waals surface area contributed by atoms with Gasteiger partial charge in [0.1, 0.15) is 0 Å². The molecule has 0 bridgehead atoms. The van der Waals surface area contributed by atoms with Crippen molar-refractivity contribution >= 4 is 5.91 Å². The third-order valence-electron chi connectivity index (χ3n) is 5.42. The van der Waals surface area contributed by atoms with E-state index in [0.29, 0.717) is 6.42 Å². The van der Waals surface area contributed by atoms with Crippen LogP contribution in [0.4, 0.5) is 0 Å². The number of aliphatic hydroxyl groups is 2. The summed E-state index contributed by atoms with van der Waals surface area (Å²) in [6, 6.07) is -0.628. The van der Waals surface area contributed by atoms with Crippen LogP contribution in [0.25, 0.3) is 0 Å². The number of allylic oxidation sites excluding steroid dienone is 3. The van der Waals surface area contributed by atoms with Crippen LogP contribution in [0, 0.1) is 0 Å². The summed E-state index contributed by atoms with van der Waals surface area (Å²) in [6.45, 7) is 4.14. The molecule has 0 aromatic carbocycles. The SMILES string of the molecule is CCC/C=C/CC/C=C/C(O)C(CO)NC(=O)CCCCCCCCCCCCC. The quantitative estimate of drug-likeness (QED) is 0.152. The molecule has 0 aliphatic rings. The van der Waals surface area contributed by atoms with Crippen molar-refractivity contribution in [3.63, 3.8) is 0 Å². The Kier molecular flexibility index (Phi) is 21.7. The zero-order chi connectivity index (χ0) is 22.3. The molecule has 0 aromatic rings. The second kappa shape index (κ2) is 22.6. The predicted molar refractivity (Wildman–Crippen MR) is 129 cm³/mol. The van der Waals surface area contributed by atoms with Crippen LogP contribution in [0.15, 0.2) is 24.3 Å². The Balaban J connectivity index is 3.75. The molecule has 4 heteroatoms. The van der Waals surface area contributed by atoms with Gasteiger partial charge in [-0.05, 0) is 25.7 Å². The summed E-state index contributed by atoms with van der Waals surface area (Å²) in [6.07, 6.45) is 25.4. The lowest BCUT2D eigenvalue weighted by atomic mass is 10.0. The topological polar surface area (TPSA) is 69.6 Å². The van der Waals surface area contributed by atoms with Gasteiger partial charge in [0.15, 0.2) is 0 Å². The Morgan fingerprint density at radius 2 is 1.30 bits per heavy atom. The normalized spacial score (nSPS) is 13.9. The van der Waals surface area contributed by atoms with E-state index in [1.807, 2.05) is 6.08 Å². The Morgan fingerprint density at radius 3 is 1.87 bits per heavy atom. The molecule has 1 amide bonds. The monoisotopic (exact) mass is 423 g/mol. The van der Waals surface area contributed by atoms with Gasteiger partial charge in [0.2, 0.25) is 5.91 Å². The van der Waals surface area contributed by atoms with E-state index in [0.717, 1.165) is 38.5 Å². The lowest BCUT2D eigenvalue weighted by Gasteiger charge is -2.19. The molecule has 0 radical (unpaired) electrons. The summed E-state index contributed by atoms with van der Waals surface area (Å²) in [5.74, 6) is -0.0834. The number of hydrogen-bond donors (Lipinski definition) is 3. The lowest BCUT2D eigenvalue weighted by molar-refractivity contribution is -0.123. The molecule has 176 valence electrons. The summed E-state index contributed by atoms with van der Waals surface area (Å²) in [4.78, 5) is 12.1. The maximum atomic E-state index is 12.1. The third-order valence-corrected chi connectivity index (χ3v) is 5.42. The molecule has 0 aromatic heterocycles. The highest BCUT2D eigenvalue weighted by atomic mass is 16.3. The average Bonchev–Trinajstić information content (AvgIpc) is 2.75. The molecule has 2 unspecified atom stereocenters. The van der Waals surface area contributed by atoms with Crippen LogP contribution >= 0.6 is 0 Å². The van der Waals surface area contributed by atoms with Crippen molar-refractivity contribution in [1.82, 2.24) is 5.32 Å². The van der Waals surface area contributed by atoms with E-state index in [1.54, 1.807) is 6.08 Å². The van der Waals surface area contributed by atoms with Crippen molar-refractivity contribution in [2.75, 3.05) is 6.61 Å². The van der Waals surface area contributed by atoms with Crippen molar-refractivity contribution in [3.8, 4) is 0 Å². The number of unbranched alkanes of at least 4 members (excludes halogenated alkanes) is 12. The Bertz CT molecular complexity index is 434. The average molecular weight is 424 g/mol. The molecule has 2 atom stereocenters. The van der Waals surface area contributed by atoms with Crippen molar-refractivity contribution in [1.29, 1.82) is 0 Å². The Morgan fingerprint density at radius 1 is 0.767 bits per heavy atom. The van der Waals surface area contributed by atoms with Crippen LogP contribution in [0.5, 0.6) is 0 Å². The van der Waals surface area contributed by atoms with E-state index in [-0.39, 0.29) is 12.5 Å². The second-order valence-electron chi connectivity index (χ2n) is 8.40. The van der Waals surface area contributed by atoms with Gasteiger partial charge in [0, 0.05) is 6.42 Å². The number of rotatable bonds is 21. The van der Waals surface area contributed by atoms with Crippen LogP contribution in [0.2, 0.25) is 0 Å². The van der Waals surface area contributed by atoms with Gasteiger partial charge < -0.3 is 15.5 Å². The van der Waals surface area contributed by atoms with E-state index in [1.165, 1.54) is 57.8 Å². The molecule has 30 heavy (non-hydrogen) atoms. The standard InChI is InChI=1S/C26H49NO3/c1-3-5-7-9-11-12-13-14-16-18-20-22-26(30)27-24(23-28)25(29)21-19-17-15-10-8-6-4-2/h8,10,19,21,24-25,28-29H,3-7,9,11-18,20,22-23H2,1-2H3,(H,27,30)/b10-8+,21-19+. The Labute approximate surface area is 186 Å². The molecular formula is C26H49NO3. The number of aliphatic hydroxyl groups excluding tert-OH is 2. The van der Waals surface area contributed by atoms with Gasteiger partial charge in [-0.15, -0.1) is 0 Å². The number of hydrogen-bond acceptors (Lipinski definition) is 3. The number of amides is 1. The number of carbonyl (C=O) groups excluding carboxylic acids is 1. The summed E-state index contributed by atoms with van der Waals surface area (Å²) >= 11 is 0. The van der Waals surface area contributed by atoms with Gasteiger partial charge in [-0.1, -0.05) is 109 Å². The zero-order valence-corrected chi connectivity index (χ0v) is 19.8. The van der Waals surface area contributed by atoms with Gasteiger partial charge in [-0.2, -0.15) is 0 Å². The van der Waals surface area contributed by atoms with Gasteiger partial charge in [-0.3, -0.25) is 4.79 Å². The highest BCUT2D eigenvalue weighted by molar-refractivity contribution is 5.76. The third kappa shape index (κ3) is 18.9. The predicted octanol–water partition coefficient (Wildman–Crippen LogP) is 6.22. The van der Waals surface area contributed by atoms with Crippen LogP contribution in [-0.2, 0) is 4.79 Å². The first-order chi connectivity index (χ1) is 14.7. The largest absolute Gasteiger partial charge is 0.394 e. The van der Waals surface area contributed by atoms with Crippen LogP contribution in [0.3, 0.4) is 0 Å². The highest BCUT2D eigenvalue weighted by Crippen LogP contribution is 2.12. The molecule has 0 saturated carbocycles. The van der Waals surface area contributed by atoms with Crippen LogP contribution in [0.1, 0.15) is 117 Å². The molecule has 0 spiro atoms. The van der Waals surface area contributed by atoms with Gasteiger partial charge in [0.25, 0.3) is 0 Å². The van der Waals surface area contributed by atoms with Crippen molar-refractivity contribution in [3.05, 3.63) is 24.3 Å². The van der Waals surface area contributed by atoms with Gasteiger partial charge in [0.05, 0.1) is 18.8 Å². The van der Waals surface area contributed by atoms with Crippen LogP contribution < -0.4 is 5.32 Å². The van der Waals surface area contributed by atoms with E-state index >= 15 is 0 Å². The fourth-order valence-electron chi connectivity index (χ4n) is 3.43. The maximum absolute atomic E-state index is 12.1. The Hall–Kier alpha value is -1.13. The first kappa shape index (κ1) is 28.9. The summed E-state index contributed by atoms with van der Waals surface area (Å²) in [5.41, 5.74) is 0. The molecule has 3 N–H and O–H groups in total. The zero-order valence-electron chi connectivity index (χ0n) is 19.8. The molecule has 0 aliphatic carbocycles. The smallest absolute Gasteiger partial charge is 0.220 e. The summed E-state index contributed by atoms with van der Waals surface area (Å²) < 4.78 is 0. The fraction of sp³-hybridized carbons (Fsp3) is 0.808. The van der Waals surface area contributed by atoms with E-state index in [9.17, 15) is 15.0 Å². The molecule has 0 fully saturated rings. The summed E-state index contributed by atoms with van der Waals surface area (Å²) in [5, 5.41) is 22.4. The molecular weight excluding hydrogens is 374 g/mol. The van der Waals surface area contributed by atoms with Crippen molar-refractivity contribution in [2.45, 2.75) is 129 Å². The minimum atomic E-state index is -0.851. The minimum Gasteiger partial charge on any atom is -0.394 e. The van der Waals surface area contributed by atoms with Crippen molar-refractivity contribution < 1.29 is 15.0 Å². The van der Waals surface area contributed by atoms with Crippen LogP contribution in [-0.4, -0.2) is 34.9 Å². The van der Waals surface area contributed by atoms with Gasteiger partial charge in [-0.25, -0.2) is 0 Å². The van der Waals surface area contributed by atoms with Gasteiger partial charge >= 0.3 is 0 Å². The summed E-state index contributed by atoms with van der Waals surface area (Å²) in [7, 11) is 0. The molecule has 0 heterocycles. The highest BCUT2D eigenvalue weighted by Gasteiger charge is 2.17. The molecule has 0 aliphatic heterocycles. The molecule has 4 nitrogen and oxygen atoms in total. The second-order valence-corrected chi connectivity index (χ2v) is 8.40.